The number of piperidine rings is 1. The number of ether oxygens (including phenoxy) is 1. The van der Waals surface area contributed by atoms with E-state index in [1.54, 1.807) is 29.2 Å². The molecule has 1 spiro atoms. The van der Waals surface area contributed by atoms with Crippen molar-refractivity contribution in [1.29, 1.82) is 5.26 Å². The number of nitrogens with zero attached hydrogens (tertiary/aromatic N) is 3. The monoisotopic (exact) mass is 356 g/mol. The minimum atomic E-state index is -1.32. The van der Waals surface area contributed by atoms with Crippen LogP contribution < -0.4 is 5.11 Å². The second kappa shape index (κ2) is 7.04. The average molecular weight is 356 g/mol. The largest absolute Gasteiger partial charge is 0.548 e. The number of carbonyl (C=O) groups is 3. The molecule has 8 heteroatoms. The SMILES string of the molecule is N#Cc1ccc(C(=O)N2CCC3(CCN(CC(=O)[O-])C(=O)O3)CC2)cc1. The Labute approximate surface area is 150 Å². The van der Waals surface area contributed by atoms with Crippen molar-refractivity contribution in [3.63, 3.8) is 0 Å². The molecule has 0 atom stereocenters. The van der Waals surface area contributed by atoms with E-state index in [4.69, 9.17) is 10.00 Å². The van der Waals surface area contributed by atoms with Gasteiger partial charge in [0.15, 0.2) is 0 Å². The third-order valence-corrected chi connectivity index (χ3v) is 4.94. The highest BCUT2D eigenvalue weighted by molar-refractivity contribution is 5.94. The van der Waals surface area contributed by atoms with Crippen molar-refractivity contribution in [1.82, 2.24) is 9.80 Å². The molecule has 1 aromatic rings. The van der Waals surface area contributed by atoms with Gasteiger partial charge < -0.3 is 24.4 Å². The Kier molecular flexibility index (Phi) is 4.80. The summed E-state index contributed by atoms with van der Waals surface area (Å²) < 4.78 is 5.51. The fraction of sp³-hybridized carbons (Fsp3) is 0.444. The van der Waals surface area contributed by atoms with Gasteiger partial charge in [-0.05, 0) is 24.3 Å². The van der Waals surface area contributed by atoms with Crippen molar-refractivity contribution in [3.05, 3.63) is 35.4 Å². The lowest BCUT2D eigenvalue weighted by atomic mass is 9.86. The van der Waals surface area contributed by atoms with Crippen LogP contribution in [0.3, 0.4) is 0 Å². The molecule has 2 heterocycles. The first-order valence-electron chi connectivity index (χ1n) is 8.40. The summed E-state index contributed by atoms with van der Waals surface area (Å²) >= 11 is 0. The van der Waals surface area contributed by atoms with Crippen LogP contribution in [0, 0.1) is 11.3 Å². The van der Waals surface area contributed by atoms with Crippen LogP contribution in [0.15, 0.2) is 24.3 Å². The zero-order valence-corrected chi connectivity index (χ0v) is 14.1. The molecule has 0 aromatic heterocycles. The molecule has 2 aliphatic heterocycles. The Morgan fingerprint density at radius 1 is 1.15 bits per heavy atom. The number of benzene rings is 1. The lowest BCUT2D eigenvalue weighted by Gasteiger charge is -2.45. The van der Waals surface area contributed by atoms with Crippen LogP contribution in [-0.4, -0.2) is 59.5 Å². The second-order valence-electron chi connectivity index (χ2n) is 6.58. The van der Waals surface area contributed by atoms with Gasteiger partial charge in [-0.15, -0.1) is 0 Å². The number of rotatable bonds is 3. The predicted molar refractivity (Wildman–Crippen MR) is 86.7 cm³/mol. The fourth-order valence-electron chi connectivity index (χ4n) is 3.37. The number of hydrogen-bond acceptors (Lipinski definition) is 6. The Morgan fingerprint density at radius 2 is 1.77 bits per heavy atom. The number of likely N-dealkylation sites (tertiary alicyclic amines) is 1. The fourth-order valence-corrected chi connectivity index (χ4v) is 3.37. The molecule has 0 N–H and O–H groups in total. The van der Waals surface area contributed by atoms with Crippen LogP contribution in [0.25, 0.3) is 0 Å². The Morgan fingerprint density at radius 3 is 2.31 bits per heavy atom. The van der Waals surface area contributed by atoms with Crippen molar-refractivity contribution in [2.45, 2.75) is 24.9 Å². The van der Waals surface area contributed by atoms with E-state index in [2.05, 4.69) is 0 Å². The smallest absolute Gasteiger partial charge is 0.410 e. The van der Waals surface area contributed by atoms with E-state index in [1.165, 1.54) is 0 Å². The molecule has 26 heavy (non-hydrogen) atoms. The van der Waals surface area contributed by atoms with E-state index in [0.717, 1.165) is 4.90 Å². The molecule has 0 radical (unpaired) electrons. The minimum Gasteiger partial charge on any atom is -0.548 e. The van der Waals surface area contributed by atoms with E-state index >= 15 is 0 Å². The maximum absolute atomic E-state index is 12.6. The standard InChI is InChI=1S/C18H19N3O5/c19-11-13-1-3-14(4-2-13)16(24)20-8-5-18(6-9-20)7-10-21(12-15(22)23)17(25)26-18/h1-4H,5-10,12H2,(H,22,23)/p-1. The highest BCUT2D eigenvalue weighted by Crippen LogP contribution is 2.34. The average Bonchev–Trinajstić information content (AvgIpc) is 2.64. The number of hydrogen-bond donors (Lipinski definition) is 0. The maximum atomic E-state index is 12.6. The van der Waals surface area contributed by atoms with E-state index in [9.17, 15) is 19.5 Å². The van der Waals surface area contributed by atoms with Crippen molar-refractivity contribution < 1.29 is 24.2 Å². The second-order valence-corrected chi connectivity index (χ2v) is 6.58. The Bertz CT molecular complexity index is 760. The summed E-state index contributed by atoms with van der Waals surface area (Å²) in [5.41, 5.74) is 0.371. The van der Waals surface area contributed by atoms with Crippen molar-refractivity contribution >= 4 is 18.0 Å². The first-order valence-corrected chi connectivity index (χ1v) is 8.40. The van der Waals surface area contributed by atoms with Crippen LogP contribution in [0.5, 0.6) is 0 Å². The van der Waals surface area contributed by atoms with Crippen molar-refractivity contribution in [2.24, 2.45) is 0 Å². The number of carbonyl (C=O) groups excluding carboxylic acids is 3. The van der Waals surface area contributed by atoms with Gasteiger partial charge in [-0.3, -0.25) is 4.79 Å². The molecule has 0 aliphatic carbocycles. The van der Waals surface area contributed by atoms with Crippen LogP contribution >= 0.6 is 0 Å². The number of aliphatic carboxylic acids is 1. The molecule has 136 valence electrons. The topological polar surface area (TPSA) is 114 Å². The lowest BCUT2D eigenvalue weighted by molar-refractivity contribution is -0.306. The molecule has 8 nitrogen and oxygen atoms in total. The molecule has 3 rings (SSSR count). The summed E-state index contributed by atoms with van der Waals surface area (Å²) in [6.45, 7) is 0.730. The highest BCUT2D eigenvalue weighted by Gasteiger charge is 2.43. The zero-order chi connectivity index (χ0) is 18.7. The molecule has 2 aliphatic rings. The molecule has 0 bridgehead atoms. The molecular weight excluding hydrogens is 338 g/mol. The summed E-state index contributed by atoms with van der Waals surface area (Å²) in [5, 5.41) is 19.5. The minimum absolute atomic E-state index is 0.120. The number of carboxylic acids is 1. The number of carboxylic acid groups (broad SMARTS) is 1. The summed E-state index contributed by atoms with van der Waals surface area (Å²) in [6.07, 6.45) is 0.914. The van der Waals surface area contributed by atoms with Crippen LogP contribution in [0.4, 0.5) is 4.79 Å². The van der Waals surface area contributed by atoms with E-state index in [-0.39, 0.29) is 5.91 Å². The van der Waals surface area contributed by atoms with Gasteiger partial charge in [0, 0.05) is 44.5 Å². The van der Waals surface area contributed by atoms with Gasteiger partial charge in [0.05, 0.1) is 24.1 Å². The van der Waals surface area contributed by atoms with Crippen molar-refractivity contribution in [2.75, 3.05) is 26.2 Å². The van der Waals surface area contributed by atoms with Crippen molar-refractivity contribution in [3.8, 4) is 6.07 Å². The lowest BCUT2D eigenvalue weighted by Crippen LogP contribution is -2.56. The Balaban J connectivity index is 1.59. The van der Waals surface area contributed by atoms with E-state index < -0.39 is 24.2 Å². The highest BCUT2D eigenvalue weighted by atomic mass is 16.6. The number of amides is 2. The van der Waals surface area contributed by atoms with Crippen LogP contribution in [-0.2, 0) is 9.53 Å². The van der Waals surface area contributed by atoms with E-state index in [1.807, 2.05) is 6.07 Å². The van der Waals surface area contributed by atoms with Gasteiger partial charge in [0.25, 0.3) is 5.91 Å². The predicted octanol–water partition coefficient (Wildman–Crippen LogP) is 0.125. The van der Waals surface area contributed by atoms with Crippen LogP contribution in [0.2, 0.25) is 0 Å². The summed E-state index contributed by atoms with van der Waals surface area (Å²) in [7, 11) is 0. The Hall–Kier alpha value is -3.08. The van der Waals surface area contributed by atoms with Gasteiger partial charge in [0.2, 0.25) is 0 Å². The summed E-state index contributed by atoms with van der Waals surface area (Å²) in [4.78, 5) is 38.0. The van der Waals surface area contributed by atoms with Gasteiger partial charge >= 0.3 is 6.09 Å². The van der Waals surface area contributed by atoms with E-state index in [0.29, 0.717) is 50.0 Å². The van der Waals surface area contributed by atoms with Gasteiger partial charge in [-0.2, -0.15) is 5.26 Å². The van der Waals surface area contributed by atoms with Gasteiger partial charge in [0.1, 0.15) is 5.60 Å². The van der Waals surface area contributed by atoms with Gasteiger partial charge in [-0.1, -0.05) is 0 Å². The third kappa shape index (κ3) is 3.61. The molecule has 2 fully saturated rings. The van der Waals surface area contributed by atoms with Gasteiger partial charge in [-0.25, -0.2) is 4.79 Å². The molecule has 2 saturated heterocycles. The third-order valence-electron chi connectivity index (χ3n) is 4.94. The quantitative estimate of drug-likeness (QED) is 0.760. The normalized spacial score (nSPS) is 19.0. The molecule has 2 amide bonds. The first kappa shape index (κ1) is 17.7. The molecule has 0 saturated carbocycles. The molecule has 1 aromatic carbocycles. The molecule has 0 unspecified atom stereocenters. The summed E-state index contributed by atoms with van der Waals surface area (Å²) in [5.74, 6) is -1.44. The zero-order valence-electron chi connectivity index (χ0n) is 14.1. The first-order chi connectivity index (χ1) is 12.4. The summed E-state index contributed by atoms with van der Waals surface area (Å²) in [6, 6.07) is 8.48. The maximum Gasteiger partial charge on any atom is 0.410 e. The molecular formula is C18H18N3O5-. The van der Waals surface area contributed by atoms with Crippen LogP contribution in [0.1, 0.15) is 35.2 Å². The number of nitriles is 1.